The van der Waals surface area contributed by atoms with Crippen molar-refractivity contribution >= 4 is 5.97 Å². The number of allylic oxidation sites excluding steroid dienone is 3. The highest BCUT2D eigenvalue weighted by atomic mass is 16.5. The molecule has 1 aliphatic rings. The van der Waals surface area contributed by atoms with Gasteiger partial charge in [0.25, 0.3) is 0 Å². The van der Waals surface area contributed by atoms with E-state index < -0.39 is 11.8 Å². The molecule has 1 saturated carbocycles. The van der Waals surface area contributed by atoms with Gasteiger partial charge in [-0.25, -0.2) is 4.79 Å². The monoisotopic (exact) mass is 380 g/mol. The van der Waals surface area contributed by atoms with Crippen molar-refractivity contribution in [2.24, 2.45) is 11.8 Å². The van der Waals surface area contributed by atoms with Crippen LogP contribution in [-0.2, 0) is 4.79 Å². The van der Waals surface area contributed by atoms with Gasteiger partial charge in [0.1, 0.15) is 0 Å². The minimum Gasteiger partial charge on any atom is -0.478 e. The Morgan fingerprint density at radius 1 is 1.07 bits per heavy atom. The van der Waals surface area contributed by atoms with Gasteiger partial charge < -0.3 is 15.3 Å². The van der Waals surface area contributed by atoms with Crippen molar-refractivity contribution in [3.05, 3.63) is 23.3 Å². The average Bonchev–Trinajstić information content (AvgIpc) is 3.01. The lowest BCUT2D eigenvalue weighted by molar-refractivity contribution is -0.157. The number of aliphatic carboxylic acids is 1. The van der Waals surface area contributed by atoms with Crippen molar-refractivity contribution in [3.63, 3.8) is 0 Å². The average molecular weight is 381 g/mol. The second kappa shape index (κ2) is 12.4. The first-order valence-corrected chi connectivity index (χ1v) is 10.8. The van der Waals surface area contributed by atoms with Crippen molar-refractivity contribution in [1.82, 2.24) is 0 Å². The van der Waals surface area contributed by atoms with Crippen molar-refractivity contribution in [3.8, 4) is 0 Å². The van der Waals surface area contributed by atoms with E-state index in [1.807, 2.05) is 0 Å². The third-order valence-electron chi connectivity index (χ3n) is 5.79. The van der Waals surface area contributed by atoms with E-state index in [-0.39, 0.29) is 12.0 Å². The summed E-state index contributed by atoms with van der Waals surface area (Å²) >= 11 is 0. The molecule has 1 aliphatic carbocycles. The Morgan fingerprint density at radius 2 is 1.81 bits per heavy atom. The normalized spacial score (nSPS) is 20.3. The largest absolute Gasteiger partial charge is 0.478 e. The number of carboxylic acid groups (broad SMARTS) is 1. The molecule has 0 radical (unpaired) electrons. The Morgan fingerprint density at radius 3 is 2.44 bits per heavy atom. The van der Waals surface area contributed by atoms with E-state index in [0.29, 0.717) is 23.8 Å². The summed E-state index contributed by atoms with van der Waals surface area (Å²) in [6.45, 7) is 5.43. The summed E-state index contributed by atoms with van der Waals surface area (Å²) in [5, 5.41) is 29.5. The Hall–Kier alpha value is -1.13. The zero-order chi connectivity index (χ0) is 20.3. The van der Waals surface area contributed by atoms with Crippen LogP contribution in [0.4, 0.5) is 0 Å². The molecule has 0 spiro atoms. The summed E-state index contributed by atoms with van der Waals surface area (Å²) in [6, 6.07) is 0. The summed E-state index contributed by atoms with van der Waals surface area (Å²) in [5.74, 6) is -2.14. The van der Waals surface area contributed by atoms with Crippen LogP contribution in [0.3, 0.4) is 0 Å². The fraction of sp³-hybridized carbons (Fsp3) is 0.783. The highest BCUT2D eigenvalue weighted by Crippen LogP contribution is 2.37. The van der Waals surface area contributed by atoms with Crippen molar-refractivity contribution in [1.29, 1.82) is 0 Å². The van der Waals surface area contributed by atoms with Gasteiger partial charge in [-0.05, 0) is 64.2 Å². The molecule has 0 aliphatic heterocycles. The van der Waals surface area contributed by atoms with Crippen LogP contribution in [0, 0.1) is 11.8 Å². The predicted molar refractivity (Wildman–Crippen MR) is 110 cm³/mol. The Bertz CT molecular complexity index is 501. The molecule has 0 aromatic carbocycles. The number of unbranched alkanes of at least 4 members (excludes halogenated alkanes) is 5. The molecule has 156 valence electrons. The van der Waals surface area contributed by atoms with Crippen LogP contribution in [0.1, 0.15) is 97.8 Å². The Balaban J connectivity index is 2.37. The number of carbonyl (C=O) groups is 1. The molecular weight excluding hydrogens is 340 g/mol. The van der Waals surface area contributed by atoms with Gasteiger partial charge in [0.05, 0.1) is 5.57 Å². The summed E-state index contributed by atoms with van der Waals surface area (Å²) in [7, 11) is 0. The molecule has 0 aromatic heterocycles. The highest BCUT2D eigenvalue weighted by Gasteiger charge is 2.34. The molecule has 1 fully saturated rings. The van der Waals surface area contributed by atoms with E-state index in [0.717, 1.165) is 12.8 Å². The van der Waals surface area contributed by atoms with Crippen LogP contribution >= 0.6 is 0 Å². The third-order valence-corrected chi connectivity index (χ3v) is 5.79. The molecule has 4 heteroatoms. The van der Waals surface area contributed by atoms with E-state index >= 15 is 0 Å². The summed E-state index contributed by atoms with van der Waals surface area (Å²) < 4.78 is 0. The molecule has 0 amide bonds. The highest BCUT2D eigenvalue weighted by molar-refractivity contribution is 5.89. The maximum Gasteiger partial charge on any atom is 0.336 e. The van der Waals surface area contributed by atoms with E-state index in [4.69, 9.17) is 0 Å². The lowest BCUT2D eigenvalue weighted by Gasteiger charge is -2.24. The van der Waals surface area contributed by atoms with E-state index in [2.05, 4.69) is 19.1 Å². The van der Waals surface area contributed by atoms with Crippen LogP contribution in [0.5, 0.6) is 0 Å². The number of carboxylic acids is 1. The van der Waals surface area contributed by atoms with Crippen LogP contribution in [0.2, 0.25) is 0 Å². The molecule has 27 heavy (non-hydrogen) atoms. The van der Waals surface area contributed by atoms with E-state index in [1.54, 1.807) is 13.8 Å². The fourth-order valence-electron chi connectivity index (χ4n) is 4.33. The smallest absolute Gasteiger partial charge is 0.336 e. The van der Waals surface area contributed by atoms with Gasteiger partial charge in [-0.3, -0.25) is 0 Å². The van der Waals surface area contributed by atoms with Gasteiger partial charge in [0.15, 0.2) is 5.79 Å². The summed E-state index contributed by atoms with van der Waals surface area (Å²) in [4.78, 5) is 11.3. The number of hydrogen-bond donors (Lipinski definition) is 3. The molecule has 0 saturated heterocycles. The molecule has 4 nitrogen and oxygen atoms in total. The van der Waals surface area contributed by atoms with Gasteiger partial charge in [-0.2, -0.15) is 0 Å². The van der Waals surface area contributed by atoms with Crippen molar-refractivity contribution in [2.75, 3.05) is 0 Å². The first-order valence-electron chi connectivity index (χ1n) is 10.8. The molecule has 2 atom stereocenters. The lowest BCUT2D eigenvalue weighted by Crippen LogP contribution is -2.35. The van der Waals surface area contributed by atoms with Gasteiger partial charge in [0, 0.05) is 6.42 Å². The van der Waals surface area contributed by atoms with E-state index in [1.165, 1.54) is 51.4 Å². The van der Waals surface area contributed by atoms with Gasteiger partial charge in [0.2, 0.25) is 0 Å². The van der Waals surface area contributed by atoms with Gasteiger partial charge in [-0.15, -0.1) is 0 Å². The lowest BCUT2D eigenvalue weighted by atomic mass is 9.89. The second-order valence-corrected chi connectivity index (χ2v) is 8.37. The van der Waals surface area contributed by atoms with Crippen LogP contribution in [-0.4, -0.2) is 27.1 Å². The third kappa shape index (κ3) is 8.61. The summed E-state index contributed by atoms with van der Waals surface area (Å²) in [6.07, 6.45) is 17.7. The van der Waals surface area contributed by atoms with Crippen molar-refractivity contribution in [2.45, 2.75) is 104 Å². The fourth-order valence-corrected chi connectivity index (χ4v) is 4.33. The molecule has 0 heterocycles. The van der Waals surface area contributed by atoms with Crippen molar-refractivity contribution < 1.29 is 20.1 Å². The number of aliphatic hydroxyl groups is 2. The van der Waals surface area contributed by atoms with Gasteiger partial charge >= 0.3 is 5.97 Å². The molecule has 0 unspecified atom stereocenters. The van der Waals surface area contributed by atoms with Gasteiger partial charge in [-0.1, -0.05) is 56.8 Å². The van der Waals surface area contributed by atoms with Crippen LogP contribution in [0.25, 0.3) is 0 Å². The number of rotatable bonds is 13. The standard InChI is InChI=1S/C23H40O4/c1-4-5-6-7-8-9-13-19-15-12-16-20(19)14-10-11-17-23(26,27)21(18(2)3)22(24)25/h9,13,19-20,26-27H,4-8,10-12,14-17H2,1-3H3,(H,24,25)/t19-,20-/m0/s1. The minimum atomic E-state index is -2.24. The molecule has 1 rings (SSSR count). The molecular formula is C23H40O4. The summed E-state index contributed by atoms with van der Waals surface area (Å²) in [5.41, 5.74) is 0.152. The topological polar surface area (TPSA) is 77.8 Å². The second-order valence-electron chi connectivity index (χ2n) is 8.37. The van der Waals surface area contributed by atoms with Crippen LogP contribution < -0.4 is 0 Å². The maximum absolute atomic E-state index is 11.3. The molecule has 0 aromatic rings. The molecule has 0 bridgehead atoms. The zero-order valence-electron chi connectivity index (χ0n) is 17.5. The Kier molecular flexibility index (Phi) is 10.9. The number of hydrogen-bond acceptors (Lipinski definition) is 3. The van der Waals surface area contributed by atoms with E-state index in [9.17, 15) is 20.1 Å². The molecule has 3 N–H and O–H groups in total. The first-order chi connectivity index (χ1) is 12.8. The Labute approximate surface area is 165 Å². The minimum absolute atomic E-state index is 0.0739. The first kappa shape index (κ1) is 23.9. The zero-order valence-corrected chi connectivity index (χ0v) is 17.5. The SMILES string of the molecule is CCCCCCC=C[C@H]1CCC[C@@H]1CCCCC(O)(O)C(C(=O)O)=C(C)C. The quantitative estimate of drug-likeness (QED) is 0.168. The maximum atomic E-state index is 11.3. The van der Waals surface area contributed by atoms with Crippen LogP contribution in [0.15, 0.2) is 23.3 Å². The predicted octanol–water partition coefficient (Wildman–Crippen LogP) is 5.59.